The third kappa shape index (κ3) is 12.6. The zero-order valence-corrected chi connectivity index (χ0v) is 14.7. The SMILES string of the molecule is CCCCCCCCC[SiH2]O[SiH2]O[SiH3]. The second kappa shape index (κ2) is 13.6. The molecule has 0 aliphatic heterocycles. The summed E-state index contributed by atoms with van der Waals surface area (Å²) in [6.07, 6.45) is 9.90. The van der Waals surface area contributed by atoms with Gasteiger partial charge in [0.1, 0.15) is 20.2 Å². The topological polar surface area (TPSA) is 18.5 Å². The zero-order chi connectivity index (χ0) is 10.5. The van der Waals surface area contributed by atoms with E-state index in [4.69, 9.17) is 8.23 Å². The second-order valence-corrected chi connectivity index (χ2v) is 9.08. The van der Waals surface area contributed by atoms with Crippen LogP contribution >= 0.6 is 0 Å². The van der Waals surface area contributed by atoms with Crippen molar-refractivity contribution in [3.63, 3.8) is 0 Å². The summed E-state index contributed by atoms with van der Waals surface area (Å²) in [7, 11) is 0.179. The maximum absolute atomic E-state index is 5.52. The van der Waals surface area contributed by atoms with Crippen molar-refractivity contribution in [2.45, 2.75) is 57.9 Å². The summed E-state index contributed by atoms with van der Waals surface area (Å²) in [6.45, 7) is 2.27. The van der Waals surface area contributed by atoms with Gasteiger partial charge in [0.15, 0.2) is 0 Å². The van der Waals surface area contributed by atoms with Crippen molar-refractivity contribution >= 4 is 30.3 Å². The summed E-state index contributed by atoms with van der Waals surface area (Å²) in [5.74, 6) is 0. The minimum absolute atomic E-state index is 0.185. The van der Waals surface area contributed by atoms with Crippen molar-refractivity contribution < 1.29 is 8.23 Å². The maximum Gasteiger partial charge on any atom is 0.282 e. The molecule has 0 saturated heterocycles. The lowest BCUT2D eigenvalue weighted by Gasteiger charge is -2.02. The number of rotatable bonds is 11. The van der Waals surface area contributed by atoms with E-state index in [1.807, 2.05) is 0 Å². The van der Waals surface area contributed by atoms with Crippen LogP contribution in [0.25, 0.3) is 0 Å². The lowest BCUT2D eigenvalue weighted by Crippen LogP contribution is -2.06. The van der Waals surface area contributed by atoms with E-state index in [1.54, 1.807) is 0 Å². The van der Waals surface area contributed by atoms with Gasteiger partial charge in [-0.1, -0.05) is 51.9 Å². The van der Waals surface area contributed by atoms with Crippen molar-refractivity contribution in [1.29, 1.82) is 0 Å². The van der Waals surface area contributed by atoms with Crippen molar-refractivity contribution in [3.8, 4) is 0 Å². The van der Waals surface area contributed by atoms with Gasteiger partial charge in [0.05, 0.1) is 0 Å². The summed E-state index contributed by atoms with van der Waals surface area (Å²) >= 11 is 0. The molecule has 0 aliphatic carbocycles. The molecular formula is C9H26O2Si3. The van der Waals surface area contributed by atoms with E-state index in [1.165, 1.54) is 51.0 Å². The van der Waals surface area contributed by atoms with E-state index in [0.29, 0.717) is 0 Å². The molecule has 0 heterocycles. The van der Waals surface area contributed by atoms with E-state index in [9.17, 15) is 0 Å². The Labute approximate surface area is 96.7 Å². The van der Waals surface area contributed by atoms with E-state index in [-0.39, 0.29) is 9.76 Å². The molecule has 0 aromatic heterocycles. The minimum atomic E-state index is -0.506. The Morgan fingerprint density at radius 1 is 1.00 bits per heavy atom. The maximum atomic E-state index is 5.52. The van der Waals surface area contributed by atoms with E-state index in [0.717, 1.165) is 10.5 Å². The van der Waals surface area contributed by atoms with E-state index in [2.05, 4.69) is 6.92 Å². The molecule has 0 N–H and O–H groups in total. The molecule has 5 heteroatoms. The highest BCUT2D eigenvalue weighted by Crippen LogP contribution is 2.08. The van der Waals surface area contributed by atoms with Gasteiger partial charge in [0, 0.05) is 0 Å². The molecule has 0 radical (unpaired) electrons. The average Bonchev–Trinajstić information content (AvgIpc) is 2.21. The first-order valence-corrected chi connectivity index (χ1v) is 9.53. The molecule has 0 atom stereocenters. The van der Waals surface area contributed by atoms with Gasteiger partial charge < -0.3 is 8.23 Å². The summed E-state index contributed by atoms with van der Waals surface area (Å²) in [5, 5.41) is 0. The molecule has 0 unspecified atom stereocenters. The fourth-order valence-corrected chi connectivity index (χ4v) is 5.49. The van der Waals surface area contributed by atoms with Crippen LogP contribution in [0.15, 0.2) is 0 Å². The predicted molar refractivity (Wildman–Crippen MR) is 72.0 cm³/mol. The molecule has 0 fully saturated rings. The molecular weight excluding hydrogens is 224 g/mol. The van der Waals surface area contributed by atoms with Gasteiger partial charge in [-0.05, 0) is 6.04 Å². The van der Waals surface area contributed by atoms with Gasteiger partial charge in [-0.2, -0.15) is 0 Å². The van der Waals surface area contributed by atoms with Gasteiger partial charge in [-0.25, -0.2) is 0 Å². The molecule has 0 saturated carbocycles. The molecule has 0 aromatic carbocycles. The van der Waals surface area contributed by atoms with Crippen molar-refractivity contribution in [1.82, 2.24) is 0 Å². The highest BCUT2D eigenvalue weighted by Gasteiger charge is 1.92. The first-order chi connectivity index (χ1) is 6.91. The Morgan fingerprint density at radius 3 is 2.29 bits per heavy atom. The molecule has 0 amide bonds. The Bertz CT molecular complexity index is 92.1. The second-order valence-electron chi connectivity index (χ2n) is 3.79. The molecule has 0 aliphatic rings. The number of unbranched alkanes of at least 4 members (excludes halogenated alkanes) is 6. The van der Waals surface area contributed by atoms with Gasteiger partial charge in [-0.3, -0.25) is 0 Å². The van der Waals surface area contributed by atoms with Gasteiger partial charge in [0.25, 0.3) is 10.0 Å². The van der Waals surface area contributed by atoms with Crippen molar-refractivity contribution in [2.24, 2.45) is 0 Å². The standard InChI is InChI=1S/C9H26O2Si3/c1-2-3-4-5-6-7-8-9-13-11-14-10-12/h2-9,13-14H2,1,12H3. The summed E-state index contributed by atoms with van der Waals surface area (Å²) in [4.78, 5) is 0. The molecule has 0 spiro atoms. The van der Waals surface area contributed by atoms with Crippen LogP contribution < -0.4 is 0 Å². The van der Waals surface area contributed by atoms with Crippen LogP contribution in [-0.2, 0) is 8.23 Å². The van der Waals surface area contributed by atoms with Crippen LogP contribution in [-0.4, -0.2) is 30.3 Å². The first kappa shape index (κ1) is 14.6. The zero-order valence-electron chi connectivity index (χ0n) is 9.89. The summed E-state index contributed by atoms with van der Waals surface area (Å²) in [6, 6.07) is 1.37. The smallest absolute Gasteiger partial charge is 0.282 e. The molecule has 14 heavy (non-hydrogen) atoms. The predicted octanol–water partition coefficient (Wildman–Crippen LogP) is 0.552. The average molecular weight is 251 g/mol. The van der Waals surface area contributed by atoms with Crippen molar-refractivity contribution in [2.75, 3.05) is 0 Å². The highest BCUT2D eigenvalue weighted by atomic mass is 28.3. The first-order valence-electron chi connectivity index (χ1n) is 5.98. The largest absolute Gasteiger partial charge is 0.449 e. The minimum Gasteiger partial charge on any atom is -0.449 e. The Balaban J connectivity index is 2.78. The fourth-order valence-electron chi connectivity index (χ4n) is 1.48. The molecule has 86 valence electrons. The lowest BCUT2D eigenvalue weighted by molar-refractivity contribution is 0.498. The molecule has 0 aromatic rings. The summed E-state index contributed by atoms with van der Waals surface area (Å²) in [5.41, 5.74) is 0. The van der Waals surface area contributed by atoms with Gasteiger partial charge in [-0.15, -0.1) is 0 Å². The molecule has 2 nitrogen and oxygen atoms in total. The fraction of sp³-hybridized carbons (Fsp3) is 1.00. The monoisotopic (exact) mass is 250 g/mol. The number of hydrogen-bond donors (Lipinski definition) is 0. The van der Waals surface area contributed by atoms with Crippen LogP contribution in [0.3, 0.4) is 0 Å². The Kier molecular flexibility index (Phi) is 14.1. The van der Waals surface area contributed by atoms with Crippen LogP contribution in [0.2, 0.25) is 6.04 Å². The number of hydrogen-bond acceptors (Lipinski definition) is 2. The normalized spacial score (nSPS) is 12.6. The highest BCUT2D eigenvalue weighted by molar-refractivity contribution is 6.41. The Morgan fingerprint density at radius 2 is 1.64 bits per heavy atom. The third-order valence-electron chi connectivity index (χ3n) is 2.34. The summed E-state index contributed by atoms with van der Waals surface area (Å²) < 4.78 is 10.6. The third-order valence-corrected chi connectivity index (χ3v) is 5.90. The van der Waals surface area contributed by atoms with Crippen LogP contribution in [0.1, 0.15) is 51.9 Å². The lowest BCUT2D eigenvalue weighted by atomic mass is 10.1. The van der Waals surface area contributed by atoms with Crippen LogP contribution in [0.5, 0.6) is 0 Å². The molecule has 0 rings (SSSR count). The van der Waals surface area contributed by atoms with E-state index < -0.39 is 10.0 Å². The molecule has 0 bridgehead atoms. The Hall–Kier alpha value is 0.571. The van der Waals surface area contributed by atoms with Crippen molar-refractivity contribution in [3.05, 3.63) is 0 Å². The van der Waals surface area contributed by atoms with Crippen LogP contribution in [0, 0.1) is 0 Å². The quantitative estimate of drug-likeness (QED) is 0.394. The van der Waals surface area contributed by atoms with Gasteiger partial charge >= 0.3 is 0 Å². The van der Waals surface area contributed by atoms with Gasteiger partial charge in [0.2, 0.25) is 0 Å². The van der Waals surface area contributed by atoms with Crippen LogP contribution in [0.4, 0.5) is 0 Å². The van der Waals surface area contributed by atoms with E-state index >= 15 is 0 Å².